The van der Waals surface area contributed by atoms with E-state index < -0.39 is 10.8 Å². The highest BCUT2D eigenvalue weighted by Gasteiger charge is 2.19. The van der Waals surface area contributed by atoms with Crippen LogP contribution in [-0.4, -0.2) is 15.8 Å². The summed E-state index contributed by atoms with van der Waals surface area (Å²) in [6, 6.07) is 10.3. The van der Waals surface area contributed by atoms with Gasteiger partial charge in [0.15, 0.2) is 5.13 Å². The molecule has 1 N–H and O–H groups in total. The van der Waals surface area contributed by atoms with Crippen molar-refractivity contribution in [1.29, 1.82) is 0 Å². The van der Waals surface area contributed by atoms with Gasteiger partial charge < -0.3 is 0 Å². The Kier molecular flexibility index (Phi) is 4.53. The molecule has 0 radical (unpaired) electrons. The summed E-state index contributed by atoms with van der Waals surface area (Å²) in [6.45, 7) is 1.52. The van der Waals surface area contributed by atoms with Crippen LogP contribution in [0.3, 0.4) is 0 Å². The molecule has 0 atom stereocenters. The first-order valence-electron chi connectivity index (χ1n) is 7.22. The second-order valence-electron chi connectivity index (χ2n) is 5.21. The molecule has 0 unspecified atom stereocenters. The number of rotatable bonds is 4. The number of nitrogens with zero attached hydrogens (tertiary/aromatic N) is 2. The lowest BCUT2D eigenvalue weighted by molar-refractivity contribution is -0.385. The molecule has 25 heavy (non-hydrogen) atoms. The third-order valence-corrected chi connectivity index (χ3v) is 4.35. The molecule has 1 heterocycles. The summed E-state index contributed by atoms with van der Waals surface area (Å²) in [5.74, 6) is -0.857. The van der Waals surface area contributed by atoms with Gasteiger partial charge in [-0.25, -0.2) is 9.37 Å². The van der Waals surface area contributed by atoms with Crippen LogP contribution in [0, 0.1) is 22.9 Å². The first-order valence-corrected chi connectivity index (χ1v) is 8.10. The average molecular weight is 357 g/mol. The van der Waals surface area contributed by atoms with Crippen LogP contribution in [0.15, 0.2) is 47.8 Å². The Morgan fingerprint density at radius 2 is 2.04 bits per heavy atom. The third-order valence-electron chi connectivity index (χ3n) is 3.59. The molecule has 0 saturated heterocycles. The van der Waals surface area contributed by atoms with Crippen LogP contribution in [0.4, 0.5) is 15.2 Å². The predicted octanol–water partition coefficient (Wildman–Crippen LogP) is 4.42. The zero-order valence-electron chi connectivity index (χ0n) is 13.0. The van der Waals surface area contributed by atoms with Gasteiger partial charge in [-0.1, -0.05) is 18.2 Å². The molecule has 0 aliphatic rings. The Balaban J connectivity index is 1.83. The highest BCUT2D eigenvalue weighted by molar-refractivity contribution is 7.14. The number of carbonyl (C=O) groups excluding carboxylic acids is 1. The molecule has 0 spiro atoms. The van der Waals surface area contributed by atoms with Gasteiger partial charge in [0.1, 0.15) is 5.82 Å². The molecular weight excluding hydrogens is 345 g/mol. The number of thiazole rings is 1. The van der Waals surface area contributed by atoms with E-state index in [1.165, 1.54) is 48.6 Å². The number of amides is 1. The summed E-state index contributed by atoms with van der Waals surface area (Å²) < 4.78 is 13.3. The van der Waals surface area contributed by atoms with Gasteiger partial charge in [0.25, 0.3) is 11.6 Å². The third kappa shape index (κ3) is 3.53. The molecule has 1 amide bonds. The van der Waals surface area contributed by atoms with Crippen molar-refractivity contribution in [2.75, 3.05) is 5.32 Å². The molecule has 0 saturated carbocycles. The van der Waals surface area contributed by atoms with E-state index >= 15 is 0 Å². The minimum absolute atomic E-state index is 0.118. The summed E-state index contributed by atoms with van der Waals surface area (Å²) in [4.78, 5) is 27.1. The summed E-state index contributed by atoms with van der Waals surface area (Å²) in [5, 5.41) is 15.6. The zero-order chi connectivity index (χ0) is 18.0. The fourth-order valence-electron chi connectivity index (χ4n) is 2.34. The van der Waals surface area contributed by atoms with Crippen molar-refractivity contribution in [3.8, 4) is 11.3 Å². The van der Waals surface area contributed by atoms with Crippen molar-refractivity contribution >= 4 is 28.1 Å². The van der Waals surface area contributed by atoms with E-state index in [9.17, 15) is 19.3 Å². The normalized spacial score (nSPS) is 10.5. The van der Waals surface area contributed by atoms with Gasteiger partial charge in [0.05, 0.1) is 10.6 Å². The number of halogens is 1. The second-order valence-corrected chi connectivity index (χ2v) is 6.07. The number of benzene rings is 2. The standard InChI is InChI=1S/C17H12FN3O3S/c1-10-13(6-3-7-15(10)21(23)24)16(22)20-17-19-14(9-25-17)11-4-2-5-12(18)8-11/h2-9H,1H3,(H,19,20,22). The van der Waals surface area contributed by atoms with Gasteiger partial charge >= 0.3 is 0 Å². The SMILES string of the molecule is Cc1c(C(=O)Nc2nc(-c3cccc(F)c3)cs2)cccc1[N+](=O)[O-]. The van der Waals surface area contributed by atoms with Crippen LogP contribution in [0.25, 0.3) is 11.3 Å². The number of nitro groups is 1. The number of hydrogen-bond donors (Lipinski definition) is 1. The van der Waals surface area contributed by atoms with E-state index in [1.807, 2.05) is 0 Å². The van der Waals surface area contributed by atoms with Crippen LogP contribution in [-0.2, 0) is 0 Å². The molecule has 3 aromatic rings. The number of nitro benzene ring substituents is 1. The molecular formula is C17H12FN3O3S. The van der Waals surface area contributed by atoms with E-state index in [0.29, 0.717) is 16.4 Å². The Bertz CT molecular complexity index is 971. The van der Waals surface area contributed by atoms with Crippen LogP contribution in [0.1, 0.15) is 15.9 Å². The van der Waals surface area contributed by atoms with Crippen LogP contribution >= 0.6 is 11.3 Å². The van der Waals surface area contributed by atoms with Crippen molar-refractivity contribution < 1.29 is 14.1 Å². The molecule has 0 aliphatic carbocycles. The Morgan fingerprint density at radius 1 is 1.28 bits per heavy atom. The number of nitrogens with one attached hydrogen (secondary N) is 1. The quantitative estimate of drug-likeness (QED) is 0.553. The van der Waals surface area contributed by atoms with E-state index in [2.05, 4.69) is 10.3 Å². The van der Waals surface area contributed by atoms with Crippen molar-refractivity contribution in [2.24, 2.45) is 0 Å². The predicted molar refractivity (Wildman–Crippen MR) is 93.3 cm³/mol. The number of anilines is 1. The minimum atomic E-state index is -0.530. The van der Waals surface area contributed by atoms with E-state index in [1.54, 1.807) is 17.5 Å². The molecule has 3 rings (SSSR count). The second kappa shape index (κ2) is 6.78. The first-order chi connectivity index (χ1) is 12.0. The molecule has 126 valence electrons. The lowest BCUT2D eigenvalue weighted by atomic mass is 10.1. The monoisotopic (exact) mass is 357 g/mol. The minimum Gasteiger partial charge on any atom is -0.298 e. The fourth-order valence-corrected chi connectivity index (χ4v) is 3.06. The smallest absolute Gasteiger partial charge is 0.273 e. The van der Waals surface area contributed by atoms with Gasteiger partial charge in [-0.3, -0.25) is 20.2 Å². The number of carbonyl (C=O) groups is 1. The van der Waals surface area contributed by atoms with E-state index in [-0.39, 0.29) is 22.6 Å². The Labute approximate surface area is 146 Å². The summed E-state index contributed by atoms with van der Waals surface area (Å²) in [7, 11) is 0. The Morgan fingerprint density at radius 3 is 2.76 bits per heavy atom. The van der Waals surface area contributed by atoms with Crippen molar-refractivity contribution in [3.05, 3.63) is 74.9 Å². The maximum absolute atomic E-state index is 13.3. The van der Waals surface area contributed by atoms with Gasteiger partial charge in [0, 0.05) is 28.1 Å². The van der Waals surface area contributed by atoms with Gasteiger partial charge in [-0.2, -0.15) is 0 Å². The molecule has 0 fully saturated rings. The maximum Gasteiger partial charge on any atom is 0.273 e. The van der Waals surface area contributed by atoms with Gasteiger partial charge in [-0.15, -0.1) is 11.3 Å². The Hall–Kier alpha value is -3.13. The van der Waals surface area contributed by atoms with Crippen molar-refractivity contribution in [3.63, 3.8) is 0 Å². The van der Waals surface area contributed by atoms with Crippen LogP contribution in [0.2, 0.25) is 0 Å². The largest absolute Gasteiger partial charge is 0.298 e. The van der Waals surface area contributed by atoms with Gasteiger partial charge in [-0.05, 0) is 25.1 Å². The molecule has 1 aromatic heterocycles. The number of hydrogen-bond acceptors (Lipinski definition) is 5. The maximum atomic E-state index is 13.3. The highest BCUT2D eigenvalue weighted by atomic mass is 32.1. The highest BCUT2D eigenvalue weighted by Crippen LogP contribution is 2.27. The van der Waals surface area contributed by atoms with E-state index in [0.717, 1.165) is 0 Å². The lowest BCUT2D eigenvalue weighted by Crippen LogP contribution is -2.14. The van der Waals surface area contributed by atoms with E-state index in [4.69, 9.17) is 0 Å². The fraction of sp³-hybridized carbons (Fsp3) is 0.0588. The topological polar surface area (TPSA) is 85.1 Å². The summed E-state index contributed by atoms with van der Waals surface area (Å²) in [5.41, 5.74) is 1.51. The molecule has 0 aliphatic heterocycles. The molecule has 6 nitrogen and oxygen atoms in total. The van der Waals surface area contributed by atoms with Crippen molar-refractivity contribution in [1.82, 2.24) is 4.98 Å². The summed E-state index contributed by atoms with van der Waals surface area (Å²) in [6.07, 6.45) is 0. The first kappa shape index (κ1) is 16.7. The lowest BCUT2D eigenvalue weighted by Gasteiger charge is -2.05. The zero-order valence-corrected chi connectivity index (χ0v) is 13.8. The molecule has 2 aromatic carbocycles. The molecule has 8 heteroatoms. The average Bonchev–Trinajstić information content (AvgIpc) is 3.03. The van der Waals surface area contributed by atoms with Crippen LogP contribution < -0.4 is 5.32 Å². The molecule has 0 bridgehead atoms. The van der Waals surface area contributed by atoms with Crippen molar-refractivity contribution in [2.45, 2.75) is 6.92 Å². The summed E-state index contributed by atoms with van der Waals surface area (Å²) >= 11 is 1.19. The number of aromatic nitrogens is 1. The van der Waals surface area contributed by atoms with Crippen LogP contribution in [0.5, 0.6) is 0 Å². The van der Waals surface area contributed by atoms with Gasteiger partial charge in [0.2, 0.25) is 0 Å².